The summed E-state index contributed by atoms with van der Waals surface area (Å²) in [5, 5.41) is 0. The third-order valence-corrected chi connectivity index (χ3v) is 2.61. The molecule has 0 saturated heterocycles. The minimum absolute atomic E-state index is 0. The molecule has 0 amide bonds. The van der Waals surface area contributed by atoms with Crippen LogP contribution in [0.25, 0.3) is 0 Å². The Labute approximate surface area is 104 Å². The number of benzene rings is 1. The maximum atomic E-state index is 10.6. The number of hydrogen-bond acceptors (Lipinski definition) is 4. The summed E-state index contributed by atoms with van der Waals surface area (Å²) < 4.78 is 4.87. The molecule has 2 nitrogen and oxygen atoms in total. The van der Waals surface area contributed by atoms with Crippen molar-refractivity contribution in [1.82, 2.24) is 0 Å². The van der Waals surface area contributed by atoms with E-state index in [-0.39, 0.29) is 24.5 Å². The molecule has 75 valence electrons. The first-order chi connectivity index (χ1) is 6.24. The summed E-state index contributed by atoms with van der Waals surface area (Å²) >= 11 is 4.86. The van der Waals surface area contributed by atoms with Gasteiger partial charge in [-0.3, -0.25) is 15.6 Å². The molecule has 0 aliphatic carbocycles. The van der Waals surface area contributed by atoms with Crippen LogP contribution < -0.4 is 0 Å². The zero-order valence-electron chi connectivity index (χ0n) is 7.60. The van der Waals surface area contributed by atoms with Crippen molar-refractivity contribution >= 4 is 28.4 Å². The molecule has 1 radical (unpaired) electrons. The van der Waals surface area contributed by atoms with Crippen molar-refractivity contribution in [1.29, 1.82) is 0 Å². The fourth-order valence-corrected chi connectivity index (χ4v) is 1.74. The van der Waals surface area contributed by atoms with Crippen molar-refractivity contribution in [3.63, 3.8) is 0 Å². The van der Waals surface area contributed by atoms with Gasteiger partial charge >= 0.3 is 5.97 Å². The second-order valence-corrected chi connectivity index (χ2v) is 3.58. The van der Waals surface area contributed by atoms with Gasteiger partial charge in [0.2, 0.25) is 0 Å². The third-order valence-electron chi connectivity index (χ3n) is 1.49. The van der Waals surface area contributed by atoms with Crippen molar-refractivity contribution in [2.75, 3.05) is 0 Å². The van der Waals surface area contributed by atoms with E-state index in [4.69, 9.17) is 16.4 Å². The van der Waals surface area contributed by atoms with Crippen LogP contribution in [-0.2, 0) is 46.4 Å². The average molecular weight is 264 g/mol. The van der Waals surface area contributed by atoms with Crippen LogP contribution in [0.2, 0.25) is 0 Å². The fourth-order valence-electron chi connectivity index (χ4n) is 0.884. The summed E-state index contributed by atoms with van der Waals surface area (Å²) in [4.78, 5) is 11.5. The van der Waals surface area contributed by atoms with Crippen LogP contribution in [0.3, 0.4) is 0 Å². The SMILES string of the molecule is CC(=O)OCc1ccccc1S[S-].[V]. The number of carbonyl (C=O) groups excluding carboxylic acids is 1. The molecule has 0 fully saturated rings. The number of rotatable bonds is 3. The Kier molecular flexibility index (Phi) is 7.28. The van der Waals surface area contributed by atoms with Gasteiger partial charge in [-0.05, 0) is 4.90 Å². The Hall–Kier alpha value is -0.0256. The van der Waals surface area contributed by atoms with Crippen LogP contribution in [0.5, 0.6) is 0 Å². The van der Waals surface area contributed by atoms with E-state index < -0.39 is 0 Å². The quantitative estimate of drug-likeness (QED) is 0.475. The first-order valence-corrected chi connectivity index (χ1v) is 5.49. The molecule has 0 saturated carbocycles. The molecule has 0 unspecified atom stereocenters. The van der Waals surface area contributed by atoms with Crippen molar-refractivity contribution in [2.24, 2.45) is 0 Å². The Bertz CT molecular complexity index is 305. The molecule has 0 aromatic heterocycles. The third kappa shape index (κ3) is 4.46. The topological polar surface area (TPSA) is 26.3 Å². The van der Waals surface area contributed by atoms with Gasteiger partial charge in [0, 0.05) is 31.0 Å². The molecule has 0 atom stereocenters. The Morgan fingerprint density at radius 3 is 2.71 bits per heavy atom. The summed E-state index contributed by atoms with van der Waals surface area (Å²) in [5.41, 5.74) is 0.956. The van der Waals surface area contributed by atoms with Gasteiger partial charge in [0.1, 0.15) is 6.61 Å². The zero-order chi connectivity index (χ0) is 9.68. The smallest absolute Gasteiger partial charge is 0.302 e. The van der Waals surface area contributed by atoms with Crippen molar-refractivity contribution in [3.05, 3.63) is 29.8 Å². The number of esters is 1. The Balaban J connectivity index is 0.00000169. The fraction of sp³-hybridized carbons (Fsp3) is 0.222. The molecule has 1 aromatic carbocycles. The van der Waals surface area contributed by atoms with Gasteiger partial charge in [0.05, 0.1) is 0 Å². The minimum atomic E-state index is -0.274. The molecule has 0 aliphatic heterocycles. The maximum absolute atomic E-state index is 10.6. The van der Waals surface area contributed by atoms with E-state index in [9.17, 15) is 4.79 Å². The number of carbonyl (C=O) groups is 1. The van der Waals surface area contributed by atoms with Gasteiger partial charge in [0.15, 0.2) is 0 Å². The van der Waals surface area contributed by atoms with Crippen LogP contribution in [0.4, 0.5) is 0 Å². The predicted molar refractivity (Wildman–Crippen MR) is 55.1 cm³/mol. The summed E-state index contributed by atoms with van der Waals surface area (Å²) in [7, 11) is 1.24. The van der Waals surface area contributed by atoms with Crippen LogP contribution >= 0.6 is 10.8 Å². The van der Waals surface area contributed by atoms with Crippen LogP contribution in [-0.4, -0.2) is 5.97 Å². The Morgan fingerprint density at radius 2 is 2.14 bits per heavy atom. The van der Waals surface area contributed by atoms with Crippen molar-refractivity contribution < 1.29 is 28.1 Å². The van der Waals surface area contributed by atoms with Gasteiger partial charge in [-0.2, -0.15) is 0 Å². The van der Waals surface area contributed by atoms with Gasteiger partial charge in [-0.1, -0.05) is 24.3 Å². The second kappa shape index (κ2) is 7.29. The molecular weight excluding hydrogens is 255 g/mol. The predicted octanol–water partition coefficient (Wildman–Crippen LogP) is 2.30. The maximum Gasteiger partial charge on any atom is 0.302 e. The summed E-state index contributed by atoms with van der Waals surface area (Å²) in [6.45, 7) is 1.69. The average Bonchev–Trinajstić information content (AvgIpc) is 2.15. The van der Waals surface area contributed by atoms with E-state index in [0.717, 1.165) is 10.5 Å². The van der Waals surface area contributed by atoms with Crippen molar-refractivity contribution in [3.8, 4) is 0 Å². The molecule has 0 heterocycles. The van der Waals surface area contributed by atoms with Crippen LogP contribution in [0.15, 0.2) is 29.2 Å². The second-order valence-electron chi connectivity index (χ2n) is 2.47. The summed E-state index contributed by atoms with van der Waals surface area (Å²) in [6, 6.07) is 7.62. The summed E-state index contributed by atoms with van der Waals surface area (Å²) in [5.74, 6) is -0.274. The zero-order valence-corrected chi connectivity index (χ0v) is 10.6. The Morgan fingerprint density at radius 1 is 1.50 bits per heavy atom. The molecule has 1 rings (SSSR count). The first kappa shape index (κ1) is 14.0. The van der Waals surface area contributed by atoms with Gasteiger partial charge in [-0.15, -0.1) is 0 Å². The molecule has 0 bridgehead atoms. The van der Waals surface area contributed by atoms with Gasteiger partial charge < -0.3 is 16.4 Å². The molecule has 1 aromatic rings. The van der Waals surface area contributed by atoms with Crippen LogP contribution in [0.1, 0.15) is 12.5 Å². The van der Waals surface area contributed by atoms with E-state index in [1.165, 1.54) is 17.7 Å². The standard InChI is InChI=1S/C9H10O2S2.V/c1-7(10)11-6-8-4-2-3-5-9(8)13-12;/h2-5,12H,6H2,1H3;/p-1. The van der Waals surface area contributed by atoms with E-state index in [0.29, 0.717) is 6.61 Å². The van der Waals surface area contributed by atoms with Gasteiger partial charge in [0.25, 0.3) is 0 Å². The molecule has 0 spiro atoms. The molecule has 0 N–H and O–H groups in total. The molecule has 14 heavy (non-hydrogen) atoms. The first-order valence-electron chi connectivity index (χ1n) is 3.75. The largest absolute Gasteiger partial charge is 0.714 e. The summed E-state index contributed by atoms with van der Waals surface area (Å²) in [6.07, 6.45) is 0. The monoisotopic (exact) mass is 264 g/mol. The van der Waals surface area contributed by atoms with Crippen LogP contribution in [0, 0.1) is 0 Å². The van der Waals surface area contributed by atoms with E-state index >= 15 is 0 Å². The normalized spacial score (nSPS) is 9.00. The molecular formula is C9H9O2S2V-. The minimum Gasteiger partial charge on any atom is -0.714 e. The van der Waals surface area contributed by atoms with Gasteiger partial charge in [-0.25, -0.2) is 0 Å². The number of ether oxygens (including phenoxy) is 1. The molecule has 5 heteroatoms. The van der Waals surface area contributed by atoms with Crippen molar-refractivity contribution in [2.45, 2.75) is 18.4 Å². The molecule has 0 aliphatic rings. The number of hydrogen-bond donors (Lipinski definition) is 0. The van der Waals surface area contributed by atoms with E-state index in [2.05, 4.69) is 0 Å². The van der Waals surface area contributed by atoms with E-state index in [1.54, 1.807) is 0 Å². The van der Waals surface area contributed by atoms with E-state index in [1.807, 2.05) is 24.3 Å².